The molecule has 0 aliphatic rings. The highest BCUT2D eigenvalue weighted by Gasteiger charge is 2.20. The van der Waals surface area contributed by atoms with E-state index in [2.05, 4.69) is 41.5 Å². The van der Waals surface area contributed by atoms with E-state index in [4.69, 9.17) is 0 Å². The Hall–Kier alpha value is -1.06. The fourth-order valence-corrected chi connectivity index (χ4v) is 2.07. The van der Waals surface area contributed by atoms with E-state index in [1.54, 1.807) is 0 Å². The molecule has 0 heterocycles. The van der Waals surface area contributed by atoms with Gasteiger partial charge in [0.05, 0.1) is 5.60 Å². The molecular weight excluding hydrogens is 236 g/mol. The van der Waals surface area contributed by atoms with Gasteiger partial charge in [0.1, 0.15) is 0 Å². The second-order valence-corrected chi connectivity index (χ2v) is 5.22. The molecule has 1 rings (SSSR count). The molecule has 0 saturated carbocycles. The van der Waals surface area contributed by atoms with Crippen LogP contribution in [0.15, 0.2) is 30.3 Å². The van der Waals surface area contributed by atoms with Crippen molar-refractivity contribution < 1.29 is 5.11 Å². The number of para-hydroxylation sites is 1. The Kier molecular flexibility index (Phi) is 6.89. The van der Waals surface area contributed by atoms with E-state index in [1.165, 1.54) is 5.69 Å². The molecule has 2 N–H and O–H groups in total. The molecule has 0 aliphatic carbocycles. The highest BCUT2D eigenvalue weighted by atomic mass is 16.3. The van der Waals surface area contributed by atoms with Crippen molar-refractivity contribution in [1.29, 1.82) is 0 Å². The van der Waals surface area contributed by atoms with Crippen molar-refractivity contribution in [2.75, 3.05) is 31.6 Å². The summed E-state index contributed by atoms with van der Waals surface area (Å²) in [7, 11) is 2.11. The standard InChI is InChI=1S/C16H28N2O/c1-4-16(19,5-2)14-17-12-9-13-18(3)15-10-7-6-8-11-15/h6-8,10-11,17,19H,4-5,9,12-14H2,1-3H3. The summed E-state index contributed by atoms with van der Waals surface area (Å²) < 4.78 is 0. The lowest BCUT2D eigenvalue weighted by atomic mass is 9.98. The van der Waals surface area contributed by atoms with E-state index in [1.807, 2.05) is 19.9 Å². The van der Waals surface area contributed by atoms with E-state index in [9.17, 15) is 5.11 Å². The number of nitrogens with zero attached hydrogens (tertiary/aromatic N) is 1. The molecule has 1 aromatic carbocycles. The zero-order chi connectivity index (χ0) is 14.1. The van der Waals surface area contributed by atoms with Crippen LogP contribution in [-0.2, 0) is 0 Å². The minimum atomic E-state index is -0.536. The van der Waals surface area contributed by atoms with Gasteiger partial charge in [-0.3, -0.25) is 0 Å². The SMILES string of the molecule is CCC(O)(CC)CNCCCN(C)c1ccccc1. The number of aliphatic hydroxyl groups is 1. The van der Waals surface area contributed by atoms with Gasteiger partial charge in [-0.25, -0.2) is 0 Å². The van der Waals surface area contributed by atoms with Crippen LogP contribution in [0.5, 0.6) is 0 Å². The van der Waals surface area contributed by atoms with Gasteiger partial charge in [0.25, 0.3) is 0 Å². The number of nitrogens with one attached hydrogen (secondary N) is 1. The Balaban J connectivity index is 2.18. The van der Waals surface area contributed by atoms with Gasteiger partial charge in [-0.05, 0) is 37.9 Å². The summed E-state index contributed by atoms with van der Waals surface area (Å²) in [4.78, 5) is 2.26. The zero-order valence-corrected chi connectivity index (χ0v) is 12.5. The monoisotopic (exact) mass is 264 g/mol. The molecule has 0 unspecified atom stereocenters. The predicted octanol–water partition coefficient (Wildman–Crippen LogP) is 2.65. The minimum absolute atomic E-state index is 0.536. The molecule has 0 saturated heterocycles. The highest BCUT2D eigenvalue weighted by Crippen LogP contribution is 2.13. The van der Waals surface area contributed by atoms with Crippen LogP contribution in [0.4, 0.5) is 5.69 Å². The number of anilines is 1. The lowest BCUT2D eigenvalue weighted by molar-refractivity contribution is 0.0327. The van der Waals surface area contributed by atoms with Crippen molar-refractivity contribution in [3.8, 4) is 0 Å². The average Bonchev–Trinajstić information content (AvgIpc) is 2.47. The second kappa shape index (κ2) is 8.18. The van der Waals surface area contributed by atoms with E-state index < -0.39 is 5.60 Å². The van der Waals surface area contributed by atoms with Crippen LogP contribution in [0.2, 0.25) is 0 Å². The first-order valence-electron chi connectivity index (χ1n) is 7.30. The highest BCUT2D eigenvalue weighted by molar-refractivity contribution is 5.44. The summed E-state index contributed by atoms with van der Waals surface area (Å²) >= 11 is 0. The van der Waals surface area contributed by atoms with Crippen molar-refractivity contribution in [3.63, 3.8) is 0 Å². The van der Waals surface area contributed by atoms with Gasteiger partial charge >= 0.3 is 0 Å². The molecule has 108 valence electrons. The van der Waals surface area contributed by atoms with Crippen LogP contribution in [0.1, 0.15) is 33.1 Å². The lowest BCUT2D eigenvalue weighted by Crippen LogP contribution is -2.40. The van der Waals surface area contributed by atoms with E-state index in [0.717, 1.165) is 32.4 Å². The van der Waals surface area contributed by atoms with Gasteiger partial charge in [-0.1, -0.05) is 32.0 Å². The fourth-order valence-electron chi connectivity index (χ4n) is 2.07. The van der Waals surface area contributed by atoms with Gasteiger partial charge in [0, 0.05) is 25.8 Å². The normalized spacial score (nSPS) is 11.6. The van der Waals surface area contributed by atoms with Gasteiger partial charge in [-0.2, -0.15) is 0 Å². The molecule has 19 heavy (non-hydrogen) atoms. The summed E-state index contributed by atoms with van der Waals surface area (Å²) in [5, 5.41) is 13.5. The third-order valence-electron chi connectivity index (χ3n) is 3.81. The summed E-state index contributed by atoms with van der Waals surface area (Å²) in [6, 6.07) is 10.4. The fraction of sp³-hybridized carbons (Fsp3) is 0.625. The van der Waals surface area contributed by atoms with Crippen LogP contribution in [0.25, 0.3) is 0 Å². The lowest BCUT2D eigenvalue weighted by Gasteiger charge is -2.26. The van der Waals surface area contributed by atoms with E-state index in [0.29, 0.717) is 6.54 Å². The third kappa shape index (κ3) is 5.62. The molecule has 0 amide bonds. The van der Waals surface area contributed by atoms with E-state index >= 15 is 0 Å². The molecule has 0 aromatic heterocycles. The minimum Gasteiger partial charge on any atom is -0.389 e. The first kappa shape index (κ1) is 16.0. The molecule has 3 heteroatoms. The van der Waals surface area contributed by atoms with Gasteiger partial charge in [-0.15, -0.1) is 0 Å². The van der Waals surface area contributed by atoms with Gasteiger partial charge in [0.15, 0.2) is 0 Å². The first-order valence-corrected chi connectivity index (χ1v) is 7.30. The number of hydrogen-bond acceptors (Lipinski definition) is 3. The molecule has 0 aliphatic heterocycles. The first-order chi connectivity index (χ1) is 9.11. The van der Waals surface area contributed by atoms with Crippen molar-refractivity contribution in [2.45, 2.75) is 38.7 Å². The van der Waals surface area contributed by atoms with Crippen LogP contribution < -0.4 is 10.2 Å². The Labute approximate surface area is 117 Å². The topological polar surface area (TPSA) is 35.5 Å². The van der Waals surface area contributed by atoms with Crippen molar-refractivity contribution in [3.05, 3.63) is 30.3 Å². The second-order valence-electron chi connectivity index (χ2n) is 5.22. The summed E-state index contributed by atoms with van der Waals surface area (Å²) in [5.74, 6) is 0. The summed E-state index contributed by atoms with van der Waals surface area (Å²) in [6.07, 6.45) is 2.69. The largest absolute Gasteiger partial charge is 0.389 e. The third-order valence-corrected chi connectivity index (χ3v) is 3.81. The quantitative estimate of drug-likeness (QED) is 0.673. The molecule has 3 nitrogen and oxygen atoms in total. The van der Waals surface area contributed by atoms with Gasteiger partial charge < -0.3 is 15.3 Å². The number of rotatable bonds is 9. The van der Waals surface area contributed by atoms with Crippen LogP contribution in [-0.4, -0.2) is 37.4 Å². The van der Waals surface area contributed by atoms with Crippen LogP contribution in [0.3, 0.4) is 0 Å². The molecule has 1 aromatic rings. The summed E-state index contributed by atoms with van der Waals surface area (Å²) in [5.41, 5.74) is 0.715. The molecule has 0 spiro atoms. The maximum atomic E-state index is 10.1. The average molecular weight is 264 g/mol. The number of hydrogen-bond donors (Lipinski definition) is 2. The molecule has 0 fully saturated rings. The molecule has 0 radical (unpaired) electrons. The smallest absolute Gasteiger partial charge is 0.0766 e. The predicted molar refractivity (Wildman–Crippen MR) is 82.7 cm³/mol. The van der Waals surface area contributed by atoms with Crippen LogP contribution in [0, 0.1) is 0 Å². The van der Waals surface area contributed by atoms with E-state index in [-0.39, 0.29) is 0 Å². The molecule has 0 atom stereocenters. The summed E-state index contributed by atoms with van der Waals surface area (Å²) in [6.45, 7) is 6.73. The Morgan fingerprint density at radius 2 is 1.79 bits per heavy atom. The maximum Gasteiger partial charge on any atom is 0.0766 e. The Bertz CT molecular complexity index is 336. The maximum absolute atomic E-state index is 10.1. The molecular formula is C16H28N2O. The zero-order valence-electron chi connectivity index (χ0n) is 12.5. The molecule has 0 bridgehead atoms. The van der Waals surface area contributed by atoms with Crippen LogP contribution >= 0.6 is 0 Å². The van der Waals surface area contributed by atoms with Crippen molar-refractivity contribution in [2.24, 2.45) is 0 Å². The van der Waals surface area contributed by atoms with Crippen molar-refractivity contribution in [1.82, 2.24) is 5.32 Å². The Morgan fingerprint density at radius 1 is 1.16 bits per heavy atom. The van der Waals surface area contributed by atoms with Gasteiger partial charge in [0.2, 0.25) is 0 Å². The van der Waals surface area contributed by atoms with Crippen molar-refractivity contribution >= 4 is 5.69 Å². The Morgan fingerprint density at radius 3 is 2.37 bits per heavy atom. The number of benzene rings is 1.